The van der Waals surface area contributed by atoms with Crippen LogP contribution in [0.2, 0.25) is 0 Å². The summed E-state index contributed by atoms with van der Waals surface area (Å²) in [6, 6.07) is 12.6. The predicted octanol–water partition coefficient (Wildman–Crippen LogP) is 3.26. The van der Waals surface area contributed by atoms with E-state index >= 15 is 0 Å². The Labute approximate surface area is 212 Å². The third kappa shape index (κ3) is 5.30. The number of nitrogens with one attached hydrogen (secondary N) is 3. The molecule has 1 aromatic carbocycles. The number of carbonyl (C=O) groups excluding carboxylic acids is 2. The Hall–Kier alpha value is -5.05. The molecule has 0 unspecified atom stereocenters. The maximum absolute atomic E-state index is 12.8. The number of carbonyl (C=O) groups is 2. The molecule has 0 bridgehead atoms. The van der Waals surface area contributed by atoms with Crippen molar-refractivity contribution in [3.63, 3.8) is 0 Å². The second-order valence-electron chi connectivity index (χ2n) is 8.60. The fourth-order valence-electron chi connectivity index (χ4n) is 4.02. The highest BCUT2D eigenvalue weighted by Crippen LogP contribution is 2.33. The number of imidazole rings is 1. The van der Waals surface area contributed by atoms with Gasteiger partial charge in [0.05, 0.1) is 30.3 Å². The molecule has 1 aliphatic rings. The molecular formula is C28H24N6O3. The average Bonchev–Trinajstić information content (AvgIpc) is 3.52. The lowest BCUT2D eigenvalue weighted by Crippen LogP contribution is -2.33. The van der Waals surface area contributed by atoms with Gasteiger partial charge >= 0.3 is 0 Å². The van der Waals surface area contributed by atoms with E-state index in [0.29, 0.717) is 12.1 Å². The highest BCUT2D eigenvalue weighted by atomic mass is 16.2. The molecule has 1 aliphatic heterocycles. The summed E-state index contributed by atoms with van der Waals surface area (Å²) in [6.45, 7) is 2.47. The number of pyridine rings is 2. The van der Waals surface area contributed by atoms with Gasteiger partial charge in [-0.15, -0.1) is 0 Å². The SMILES string of the molecule is Cc1ccc(Cn2cccc(C(=O)NC/C=C/c3ccc4c(c3)NC(=O)C4=Cc3cnc[nH]3)c2=O)cn1. The van der Waals surface area contributed by atoms with E-state index in [2.05, 4.69) is 25.6 Å². The molecule has 9 heteroatoms. The number of amides is 2. The zero-order valence-electron chi connectivity index (χ0n) is 20.1. The molecule has 0 saturated carbocycles. The predicted molar refractivity (Wildman–Crippen MR) is 142 cm³/mol. The molecule has 9 nitrogen and oxygen atoms in total. The molecule has 2 amide bonds. The van der Waals surface area contributed by atoms with Crippen LogP contribution in [0.3, 0.4) is 0 Å². The molecule has 3 N–H and O–H groups in total. The summed E-state index contributed by atoms with van der Waals surface area (Å²) in [5, 5.41) is 5.64. The minimum atomic E-state index is -0.444. The van der Waals surface area contributed by atoms with E-state index in [-0.39, 0.29) is 23.6 Å². The number of benzene rings is 1. The third-order valence-electron chi connectivity index (χ3n) is 5.93. The summed E-state index contributed by atoms with van der Waals surface area (Å²) >= 11 is 0. The van der Waals surface area contributed by atoms with Crippen molar-refractivity contribution in [2.24, 2.45) is 0 Å². The normalized spacial score (nSPS) is 13.6. The van der Waals surface area contributed by atoms with Crippen LogP contribution in [0, 0.1) is 6.92 Å². The quantitative estimate of drug-likeness (QED) is 0.342. The Bertz CT molecular complexity index is 1580. The minimum Gasteiger partial charge on any atom is -0.348 e. The number of hydrogen-bond acceptors (Lipinski definition) is 5. The van der Waals surface area contributed by atoms with Gasteiger partial charge in [-0.05, 0) is 48.4 Å². The molecule has 0 saturated heterocycles. The monoisotopic (exact) mass is 492 g/mol. The molecule has 0 aliphatic carbocycles. The standard InChI is InChI=1S/C28H24N6O3/c1-18-6-7-20(14-31-18)16-34-11-3-5-23(28(34)37)26(35)30-10-2-4-19-8-9-22-24(13-21-15-29-17-32-21)27(36)33-25(22)12-19/h2-9,11-15,17H,10,16H2,1H3,(H,29,32)(H,30,35)(H,33,36)/b4-2+,24-13?. The van der Waals surface area contributed by atoms with E-state index in [1.165, 1.54) is 10.6 Å². The number of aromatic amines is 1. The van der Waals surface area contributed by atoms with Crippen molar-refractivity contribution in [2.45, 2.75) is 13.5 Å². The summed E-state index contributed by atoms with van der Waals surface area (Å²) < 4.78 is 1.49. The van der Waals surface area contributed by atoms with Crippen molar-refractivity contribution in [2.75, 3.05) is 11.9 Å². The van der Waals surface area contributed by atoms with Crippen molar-refractivity contribution in [3.8, 4) is 0 Å². The van der Waals surface area contributed by atoms with Crippen LogP contribution < -0.4 is 16.2 Å². The van der Waals surface area contributed by atoms with Crippen LogP contribution in [0.5, 0.6) is 0 Å². The van der Waals surface area contributed by atoms with Gasteiger partial charge in [0, 0.05) is 35.9 Å². The summed E-state index contributed by atoms with van der Waals surface area (Å²) in [6.07, 6.45) is 12.0. The van der Waals surface area contributed by atoms with E-state index in [0.717, 1.165) is 33.8 Å². The second kappa shape index (κ2) is 10.3. The van der Waals surface area contributed by atoms with Gasteiger partial charge in [0.2, 0.25) is 0 Å². The van der Waals surface area contributed by atoms with Crippen LogP contribution in [0.4, 0.5) is 5.69 Å². The van der Waals surface area contributed by atoms with E-state index < -0.39 is 5.91 Å². The first kappa shape index (κ1) is 23.7. The van der Waals surface area contributed by atoms with Crippen LogP contribution in [0.1, 0.15) is 38.4 Å². The number of anilines is 1. The van der Waals surface area contributed by atoms with E-state index in [1.54, 1.807) is 43.1 Å². The summed E-state index contributed by atoms with van der Waals surface area (Å²) in [5.41, 5.74) is 5.19. The van der Waals surface area contributed by atoms with Gasteiger partial charge in [-0.1, -0.05) is 30.4 Å². The number of H-pyrrole nitrogens is 1. The summed E-state index contributed by atoms with van der Waals surface area (Å²) in [7, 11) is 0. The topological polar surface area (TPSA) is 122 Å². The van der Waals surface area contributed by atoms with Crippen LogP contribution >= 0.6 is 0 Å². The fourth-order valence-corrected chi connectivity index (χ4v) is 4.02. The average molecular weight is 493 g/mol. The lowest BCUT2D eigenvalue weighted by atomic mass is 10.0. The van der Waals surface area contributed by atoms with Gasteiger partial charge in [0.25, 0.3) is 17.4 Å². The smallest absolute Gasteiger partial charge is 0.263 e. The van der Waals surface area contributed by atoms with Gasteiger partial charge in [-0.3, -0.25) is 19.4 Å². The molecule has 4 aromatic rings. The van der Waals surface area contributed by atoms with Crippen molar-refractivity contribution >= 4 is 35.2 Å². The van der Waals surface area contributed by atoms with Gasteiger partial charge in [0.1, 0.15) is 5.56 Å². The second-order valence-corrected chi connectivity index (χ2v) is 8.60. The number of aromatic nitrogens is 4. The van der Waals surface area contributed by atoms with Gasteiger partial charge < -0.3 is 20.2 Å². The molecule has 0 radical (unpaired) electrons. The van der Waals surface area contributed by atoms with Crippen LogP contribution in [0.15, 0.2) is 78.3 Å². The Kier molecular flexibility index (Phi) is 6.58. The van der Waals surface area contributed by atoms with Crippen molar-refractivity contribution in [3.05, 3.63) is 117 Å². The first-order chi connectivity index (χ1) is 18.0. The first-order valence-corrected chi connectivity index (χ1v) is 11.7. The maximum Gasteiger partial charge on any atom is 0.263 e. The Balaban J connectivity index is 1.22. The number of fused-ring (bicyclic) bond motifs is 1. The van der Waals surface area contributed by atoms with Gasteiger partial charge in [-0.25, -0.2) is 4.98 Å². The highest BCUT2D eigenvalue weighted by Gasteiger charge is 2.24. The van der Waals surface area contributed by atoms with Crippen LogP contribution in [0.25, 0.3) is 17.7 Å². The largest absolute Gasteiger partial charge is 0.348 e. The van der Waals surface area contributed by atoms with Crippen molar-refractivity contribution in [1.29, 1.82) is 0 Å². The van der Waals surface area contributed by atoms with Crippen molar-refractivity contribution < 1.29 is 9.59 Å². The number of nitrogens with zero attached hydrogens (tertiary/aromatic N) is 3. The van der Waals surface area contributed by atoms with Gasteiger partial charge in [0.15, 0.2) is 0 Å². The molecule has 4 heterocycles. The molecular weight excluding hydrogens is 468 g/mol. The zero-order chi connectivity index (χ0) is 25.8. The third-order valence-corrected chi connectivity index (χ3v) is 5.93. The van der Waals surface area contributed by atoms with E-state index in [9.17, 15) is 14.4 Å². The molecule has 0 spiro atoms. The van der Waals surface area contributed by atoms with E-state index in [4.69, 9.17) is 0 Å². The molecule has 3 aromatic heterocycles. The number of rotatable bonds is 7. The Morgan fingerprint density at radius 1 is 1.14 bits per heavy atom. The van der Waals surface area contributed by atoms with Gasteiger partial charge in [-0.2, -0.15) is 0 Å². The Morgan fingerprint density at radius 2 is 2.03 bits per heavy atom. The molecule has 0 fully saturated rings. The van der Waals surface area contributed by atoms with Crippen LogP contribution in [-0.4, -0.2) is 37.9 Å². The molecule has 0 atom stereocenters. The molecule has 5 rings (SSSR count). The fraction of sp³-hybridized carbons (Fsp3) is 0.107. The molecule has 184 valence electrons. The number of aryl methyl sites for hydroxylation is 1. The summed E-state index contributed by atoms with van der Waals surface area (Å²) in [4.78, 5) is 49.0. The highest BCUT2D eigenvalue weighted by molar-refractivity contribution is 6.34. The maximum atomic E-state index is 12.8. The van der Waals surface area contributed by atoms with Crippen molar-refractivity contribution in [1.82, 2.24) is 24.8 Å². The Morgan fingerprint density at radius 3 is 2.81 bits per heavy atom. The molecule has 37 heavy (non-hydrogen) atoms. The minimum absolute atomic E-state index is 0.0767. The lowest BCUT2D eigenvalue weighted by molar-refractivity contribution is -0.110. The van der Waals surface area contributed by atoms with Crippen LogP contribution in [-0.2, 0) is 11.3 Å². The zero-order valence-corrected chi connectivity index (χ0v) is 20.1. The summed E-state index contributed by atoms with van der Waals surface area (Å²) in [5.74, 6) is -0.619. The number of hydrogen-bond donors (Lipinski definition) is 3. The lowest BCUT2D eigenvalue weighted by Gasteiger charge is -2.08. The van der Waals surface area contributed by atoms with E-state index in [1.807, 2.05) is 43.3 Å². The first-order valence-electron chi connectivity index (χ1n) is 11.7.